The minimum atomic E-state index is 1.47. The van der Waals surface area contributed by atoms with Gasteiger partial charge < -0.3 is 0 Å². The van der Waals surface area contributed by atoms with Gasteiger partial charge in [-0.05, 0) is 0 Å². The molecule has 0 aliphatic carbocycles. The van der Waals surface area contributed by atoms with E-state index in [0.717, 1.165) is 0 Å². The van der Waals surface area contributed by atoms with Crippen molar-refractivity contribution in [3.05, 3.63) is 0 Å². The number of halogens is 2. The molecule has 4 heavy (non-hydrogen) atoms. The van der Waals surface area contributed by atoms with Crippen LogP contribution in [0.5, 0.6) is 0 Å². The Kier molecular flexibility index (Phi) is 173. The van der Waals surface area contributed by atoms with Gasteiger partial charge in [-0.15, -0.1) is 11.6 Å². The molecule has 0 aliphatic heterocycles. The minimum absolute atomic E-state index is 1.47. The predicted molar refractivity (Wildman–Crippen MR) is 19.8 cm³/mol. The van der Waals surface area contributed by atoms with Crippen molar-refractivity contribution in [2.24, 2.45) is 0 Å². The summed E-state index contributed by atoms with van der Waals surface area (Å²) in [6.45, 7) is 0. The molecule has 0 aromatic rings. The highest BCUT2D eigenvalue weighted by atomic mass is 35.5. The first-order chi connectivity index (χ1) is 2.00. The molecule has 0 bridgehead atoms. The van der Waals surface area contributed by atoms with Crippen molar-refractivity contribution in [2.45, 2.75) is 0 Å². The Morgan fingerprint density at radius 2 is 1.25 bits per heavy atom. The highest BCUT2D eigenvalue weighted by Gasteiger charge is 0.943. The molecule has 0 aliphatic rings. The first-order valence-corrected chi connectivity index (χ1v) is 1.64. The lowest BCUT2D eigenvalue weighted by Gasteiger charge is -1.13. The van der Waals surface area contributed by atoms with Gasteiger partial charge in [-0.3, -0.25) is 4.66 Å². The Labute approximate surface area is 35.3 Å². The van der Waals surface area contributed by atoms with Gasteiger partial charge in [0.05, 0.1) is 11.9 Å². The van der Waals surface area contributed by atoms with Gasteiger partial charge in [0.15, 0.2) is 0 Å². The van der Waals surface area contributed by atoms with E-state index < -0.39 is 0 Å². The van der Waals surface area contributed by atoms with Crippen molar-refractivity contribution in [1.29, 1.82) is 0 Å². The lowest BCUT2D eigenvalue weighted by atomic mass is 12.0. The van der Waals surface area contributed by atoms with Crippen LogP contribution < -0.4 is 0 Å². The van der Waals surface area contributed by atoms with E-state index in [0.29, 0.717) is 0 Å². The Balaban J connectivity index is 0. The molecular weight excluding hydrogens is 98.9 g/mol. The topological polar surface area (TPSA) is 20.2 Å². The second-order valence-corrected chi connectivity index (χ2v) is 0. The first-order valence-electron chi connectivity index (χ1n) is 0.547. The lowest BCUT2D eigenvalue weighted by Crippen LogP contribution is -0.913. The van der Waals surface area contributed by atoms with Crippen molar-refractivity contribution < 1.29 is 4.66 Å². The molecular formula is CH4Cl2O. The van der Waals surface area contributed by atoms with Gasteiger partial charge >= 0.3 is 0 Å². The van der Waals surface area contributed by atoms with Crippen LogP contribution in [0.4, 0.5) is 0 Å². The van der Waals surface area contributed by atoms with Crippen molar-refractivity contribution in [3.63, 3.8) is 0 Å². The van der Waals surface area contributed by atoms with E-state index in [9.17, 15) is 0 Å². The average Bonchev–Trinajstić information content (AvgIpc) is 1.50. The van der Waals surface area contributed by atoms with Crippen molar-refractivity contribution in [2.75, 3.05) is 6.38 Å². The Morgan fingerprint density at radius 3 is 1.25 bits per heavy atom. The Morgan fingerprint density at radius 1 is 1.25 bits per heavy atom. The Bertz CT molecular complexity index is 6.00. The quantitative estimate of drug-likeness (QED) is 0.453. The van der Waals surface area contributed by atoms with Crippen molar-refractivity contribution in [1.82, 2.24) is 0 Å². The maximum absolute atomic E-state index is 6.47. The van der Waals surface area contributed by atoms with Crippen LogP contribution in [0.3, 0.4) is 0 Å². The zero-order valence-corrected chi connectivity index (χ0v) is 3.72. The monoisotopic (exact) mass is 102 g/mol. The summed E-state index contributed by atoms with van der Waals surface area (Å²) in [6.07, 6.45) is 1.47. The summed E-state index contributed by atoms with van der Waals surface area (Å²) in [6, 6.07) is 0. The van der Waals surface area contributed by atoms with Gasteiger partial charge in [0.25, 0.3) is 0 Å². The van der Waals surface area contributed by atoms with Gasteiger partial charge in [0, 0.05) is 6.38 Å². The third-order valence-electron chi connectivity index (χ3n) is 0. The van der Waals surface area contributed by atoms with E-state index in [4.69, 9.17) is 4.66 Å². The SMILES string of the molecule is CCl.OCl. The summed E-state index contributed by atoms with van der Waals surface area (Å²) >= 11 is 8.28. The summed E-state index contributed by atoms with van der Waals surface area (Å²) in [5.41, 5.74) is 0. The van der Waals surface area contributed by atoms with Crippen LogP contribution in [0.15, 0.2) is 0 Å². The average molecular weight is 103 g/mol. The maximum atomic E-state index is 6.47. The second kappa shape index (κ2) is 78.3. The summed E-state index contributed by atoms with van der Waals surface area (Å²) in [4.78, 5) is 0. The van der Waals surface area contributed by atoms with E-state index in [-0.39, 0.29) is 0 Å². The van der Waals surface area contributed by atoms with Crippen molar-refractivity contribution in [3.8, 4) is 0 Å². The van der Waals surface area contributed by atoms with E-state index in [1.54, 1.807) is 0 Å². The molecule has 0 saturated heterocycles. The smallest absolute Gasteiger partial charge is 0.0579 e. The van der Waals surface area contributed by atoms with Crippen LogP contribution in [-0.2, 0) is 0 Å². The lowest BCUT2D eigenvalue weighted by molar-refractivity contribution is 0.632. The summed E-state index contributed by atoms with van der Waals surface area (Å²) < 4.78 is 6.47. The van der Waals surface area contributed by atoms with Gasteiger partial charge in [0.1, 0.15) is 0 Å². The van der Waals surface area contributed by atoms with Gasteiger partial charge in [-0.1, -0.05) is 0 Å². The molecule has 3 heteroatoms. The van der Waals surface area contributed by atoms with Crippen molar-refractivity contribution >= 4 is 23.5 Å². The third kappa shape index (κ3) is 20.7. The zero-order chi connectivity index (χ0) is 4.00. The molecule has 0 saturated carbocycles. The normalized spacial score (nSPS) is 3.00. The van der Waals surface area contributed by atoms with Crippen LogP contribution in [-0.4, -0.2) is 11.0 Å². The summed E-state index contributed by atoms with van der Waals surface area (Å²) in [5.74, 6) is 0. The fourth-order valence-corrected chi connectivity index (χ4v) is 0. The highest BCUT2D eigenvalue weighted by molar-refractivity contribution is 6.15. The summed E-state index contributed by atoms with van der Waals surface area (Å²) in [7, 11) is 0. The molecule has 28 valence electrons. The molecule has 1 N–H and O–H groups in total. The standard InChI is InChI=1S/CH3Cl.ClHO/c2*1-2/h1H3;2H. The minimum Gasteiger partial charge on any atom is -0.295 e. The number of alkyl halides is 1. The molecule has 0 aromatic carbocycles. The van der Waals surface area contributed by atoms with Crippen LogP contribution >= 0.6 is 23.5 Å². The van der Waals surface area contributed by atoms with E-state index in [1.165, 1.54) is 6.38 Å². The van der Waals surface area contributed by atoms with Crippen LogP contribution in [0.25, 0.3) is 0 Å². The highest BCUT2D eigenvalue weighted by Crippen LogP contribution is 1.34. The van der Waals surface area contributed by atoms with Crippen LogP contribution in [0.1, 0.15) is 0 Å². The first kappa shape index (κ1) is 8.82. The molecule has 0 amide bonds. The number of hydrogen-bond acceptors (Lipinski definition) is 1. The molecule has 0 rings (SSSR count). The fourth-order valence-electron chi connectivity index (χ4n) is 0. The molecule has 1 nitrogen and oxygen atoms in total. The molecule has 0 aromatic heterocycles. The molecule has 0 fully saturated rings. The number of rotatable bonds is 0. The van der Waals surface area contributed by atoms with E-state index in [1.807, 2.05) is 0 Å². The van der Waals surface area contributed by atoms with Gasteiger partial charge in [-0.25, -0.2) is 0 Å². The van der Waals surface area contributed by atoms with Crippen LogP contribution in [0.2, 0.25) is 0 Å². The zero-order valence-electron chi connectivity index (χ0n) is 2.20. The molecule has 0 spiro atoms. The molecule has 0 unspecified atom stereocenters. The number of hydrogen-bond donors (Lipinski definition) is 1. The van der Waals surface area contributed by atoms with E-state index >= 15 is 0 Å². The maximum Gasteiger partial charge on any atom is 0.0579 e. The van der Waals surface area contributed by atoms with Crippen LogP contribution in [0, 0.1) is 0 Å². The second-order valence-electron chi connectivity index (χ2n) is 0. The van der Waals surface area contributed by atoms with E-state index in [2.05, 4.69) is 23.5 Å². The predicted octanol–water partition coefficient (Wildman–Crippen LogP) is 0.987. The van der Waals surface area contributed by atoms with Gasteiger partial charge in [0.2, 0.25) is 0 Å². The largest absolute Gasteiger partial charge is 0.295 e. The summed E-state index contributed by atoms with van der Waals surface area (Å²) in [5, 5.41) is 0. The van der Waals surface area contributed by atoms with Gasteiger partial charge in [-0.2, -0.15) is 0 Å². The third-order valence-corrected chi connectivity index (χ3v) is 0. The fraction of sp³-hybridized carbons (Fsp3) is 1.00. The molecule has 0 radical (unpaired) electrons. The molecule has 0 atom stereocenters. The Hall–Kier alpha value is 0.540. The molecule has 0 heterocycles.